The zero-order valence-corrected chi connectivity index (χ0v) is 18.1. The zero-order chi connectivity index (χ0) is 21.2. The Morgan fingerprint density at radius 1 is 1.31 bits per heavy atom. The topological polar surface area (TPSA) is 103 Å². The van der Waals surface area contributed by atoms with E-state index >= 15 is 0 Å². The third-order valence-electron chi connectivity index (χ3n) is 5.73. The van der Waals surface area contributed by atoms with Crippen molar-refractivity contribution in [3.63, 3.8) is 0 Å². The molecule has 1 saturated carbocycles. The maximum Gasteiger partial charge on any atom is 0.335 e. The highest BCUT2D eigenvalue weighted by molar-refractivity contribution is 7.90. The van der Waals surface area contributed by atoms with Gasteiger partial charge < -0.3 is 14.7 Å². The van der Waals surface area contributed by atoms with Crippen molar-refractivity contribution in [2.75, 3.05) is 56.1 Å². The monoisotopic (exact) mass is 426 g/mol. The first kappa shape index (κ1) is 21.8. The second-order valence-electron chi connectivity index (χ2n) is 7.87. The predicted octanol–water partition coefficient (Wildman–Crippen LogP) is 1.67. The maximum atomic E-state index is 12.9. The minimum atomic E-state index is -3.75. The number of carboxylic acid groups (broad SMARTS) is 1. The molecule has 2 atom stereocenters. The Morgan fingerprint density at radius 3 is 2.48 bits per heavy atom. The van der Waals surface area contributed by atoms with Gasteiger partial charge in [0.1, 0.15) is 11.6 Å². The van der Waals surface area contributed by atoms with Gasteiger partial charge in [-0.3, -0.25) is 0 Å². The van der Waals surface area contributed by atoms with Crippen LogP contribution in [-0.2, 0) is 14.9 Å². The SMILES string of the molecule is COCCN(CC1CC1C)c1cc(C(=O)O)cc(N(C)S(=O)(=O)N2CCCC2)n1. The molecular weight excluding hydrogens is 396 g/mol. The predicted molar refractivity (Wildman–Crippen MR) is 111 cm³/mol. The molecule has 2 unspecified atom stereocenters. The smallest absolute Gasteiger partial charge is 0.335 e. The van der Waals surface area contributed by atoms with Crippen molar-refractivity contribution in [2.45, 2.75) is 26.2 Å². The van der Waals surface area contributed by atoms with Gasteiger partial charge in [0, 0.05) is 40.3 Å². The summed E-state index contributed by atoms with van der Waals surface area (Å²) in [6.45, 7) is 4.88. The molecule has 2 heterocycles. The van der Waals surface area contributed by atoms with Crippen LogP contribution in [0.15, 0.2) is 12.1 Å². The van der Waals surface area contributed by atoms with Crippen LogP contribution >= 0.6 is 0 Å². The molecule has 0 radical (unpaired) electrons. The number of aromatic nitrogens is 1. The highest BCUT2D eigenvalue weighted by Crippen LogP contribution is 2.39. The van der Waals surface area contributed by atoms with E-state index < -0.39 is 16.2 Å². The van der Waals surface area contributed by atoms with Crippen LogP contribution in [0.1, 0.15) is 36.5 Å². The number of hydrogen-bond donors (Lipinski definition) is 1. The average Bonchev–Trinajstić information content (AvgIpc) is 3.14. The number of rotatable bonds is 10. The minimum Gasteiger partial charge on any atom is -0.478 e. The Morgan fingerprint density at radius 2 is 1.93 bits per heavy atom. The summed E-state index contributed by atoms with van der Waals surface area (Å²) < 4.78 is 33.6. The lowest BCUT2D eigenvalue weighted by Gasteiger charge is -2.28. The Kier molecular flexibility index (Phi) is 6.65. The number of methoxy groups -OCH3 is 1. The highest BCUT2D eigenvalue weighted by atomic mass is 32.2. The molecule has 1 saturated heterocycles. The van der Waals surface area contributed by atoms with Gasteiger partial charge in [-0.2, -0.15) is 12.7 Å². The Hall–Kier alpha value is -1.91. The van der Waals surface area contributed by atoms with Gasteiger partial charge in [-0.05, 0) is 43.2 Å². The fourth-order valence-corrected chi connectivity index (χ4v) is 4.99. The minimum absolute atomic E-state index is 0.0136. The summed E-state index contributed by atoms with van der Waals surface area (Å²) in [6.07, 6.45) is 2.77. The molecule has 162 valence electrons. The molecule has 0 bridgehead atoms. The molecule has 29 heavy (non-hydrogen) atoms. The molecule has 0 spiro atoms. The van der Waals surface area contributed by atoms with Crippen LogP contribution in [0.2, 0.25) is 0 Å². The number of nitrogens with zero attached hydrogens (tertiary/aromatic N) is 4. The van der Waals surface area contributed by atoms with Crippen molar-refractivity contribution >= 4 is 27.8 Å². The molecule has 3 rings (SSSR count). The first-order chi connectivity index (χ1) is 13.7. The lowest BCUT2D eigenvalue weighted by Crippen LogP contribution is -2.41. The Bertz CT molecular complexity index is 841. The van der Waals surface area contributed by atoms with Crippen LogP contribution in [0.25, 0.3) is 0 Å². The second-order valence-corrected chi connectivity index (χ2v) is 9.83. The zero-order valence-electron chi connectivity index (χ0n) is 17.2. The van der Waals surface area contributed by atoms with Gasteiger partial charge in [0.25, 0.3) is 0 Å². The van der Waals surface area contributed by atoms with Gasteiger partial charge in [-0.25, -0.2) is 14.1 Å². The summed E-state index contributed by atoms with van der Waals surface area (Å²) in [5.41, 5.74) is 0.0136. The van der Waals surface area contributed by atoms with E-state index in [1.807, 2.05) is 4.90 Å². The molecule has 1 aromatic rings. The van der Waals surface area contributed by atoms with Crippen LogP contribution in [-0.4, -0.2) is 75.7 Å². The molecule has 2 fully saturated rings. The fraction of sp³-hybridized carbons (Fsp3) is 0.684. The lowest BCUT2D eigenvalue weighted by atomic mass is 10.2. The van der Waals surface area contributed by atoms with E-state index in [-0.39, 0.29) is 11.4 Å². The number of aromatic carboxylic acids is 1. The standard InChI is InChI=1S/C19H30N4O5S/c1-14-10-16(14)13-22(8-9-28-3)18-12-15(19(24)25)11-17(20-18)21(2)29(26,27)23-6-4-5-7-23/h11-12,14,16H,4-10,13H2,1-3H3,(H,24,25). The lowest BCUT2D eigenvalue weighted by molar-refractivity contribution is 0.0696. The van der Waals surface area contributed by atoms with Crippen LogP contribution in [0.5, 0.6) is 0 Å². The summed E-state index contributed by atoms with van der Waals surface area (Å²) in [6, 6.07) is 2.82. The van der Waals surface area contributed by atoms with Gasteiger partial charge in [0.05, 0.1) is 12.2 Å². The van der Waals surface area contributed by atoms with E-state index in [1.54, 1.807) is 7.11 Å². The van der Waals surface area contributed by atoms with Crippen molar-refractivity contribution in [1.82, 2.24) is 9.29 Å². The molecule has 0 amide bonds. The molecule has 1 aliphatic carbocycles. The van der Waals surface area contributed by atoms with E-state index in [0.717, 1.165) is 30.1 Å². The van der Waals surface area contributed by atoms with Crippen molar-refractivity contribution in [3.8, 4) is 0 Å². The van der Waals surface area contributed by atoms with Crippen LogP contribution < -0.4 is 9.21 Å². The molecule has 1 aromatic heterocycles. The van der Waals surface area contributed by atoms with Gasteiger partial charge in [0.15, 0.2) is 0 Å². The molecule has 1 aliphatic heterocycles. The van der Waals surface area contributed by atoms with Crippen LogP contribution in [0, 0.1) is 11.8 Å². The third-order valence-corrected chi connectivity index (χ3v) is 7.62. The summed E-state index contributed by atoms with van der Waals surface area (Å²) in [5.74, 6) is 0.600. The van der Waals surface area contributed by atoms with Gasteiger partial charge in [0.2, 0.25) is 0 Å². The second kappa shape index (κ2) is 8.85. The first-order valence-corrected chi connectivity index (χ1v) is 11.4. The fourth-order valence-electron chi connectivity index (χ4n) is 3.60. The molecule has 2 aliphatic rings. The summed E-state index contributed by atoms with van der Waals surface area (Å²) in [4.78, 5) is 18.2. The highest BCUT2D eigenvalue weighted by Gasteiger charge is 2.35. The molecule has 9 nitrogen and oxygen atoms in total. The van der Waals surface area contributed by atoms with Gasteiger partial charge in [-0.15, -0.1) is 0 Å². The molecule has 10 heteroatoms. The van der Waals surface area contributed by atoms with E-state index in [1.165, 1.54) is 23.5 Å². The van der Waals surface area contributed by atoms with E-state index in [9.17, 15) is 18.3 Å². The number of pyridine rings is 1. The van der Waals surface area contributed by atoms with Gasteiger partial charge in [-0.1, -0.05) is 6.92 Å². The number of hydrogen-bond acceptors (Lipinski definition) is 6. The maximum absolute atomic E-state index is 12.9. The Balaban J connectivity index is 1.94. The molecule has 1 N–H and O–H groups in total. The van der Waals surface area contributed by atoms with Crippen molar-refractivity contribution in [3.05, 3.63) is 17.7 Å². The van der Waals surface area contributed by atoms with E-state index in [0.29, 0.717) is 43.9 Å². The number of carboxylic acids is 1. The van der Waals surface area contributed by atoms with Crippen LogP contribution in [0.3, 0.4) is 0 Å². The van der Waals surface area contributed by atoms with Gasteiger partial charge >= 0.3 is 16.2 Å². The number of carbonyl (C=O) groups is 1. The summed E-state index contributed by atoms with van der Waals surface area (Å²) in [7, 11) is -0.709. The number of anilines is 2. The molecular formula is C19H30N4O5S. The van der Waals surface area contributed by atoms with Crippen molar-refractivity contribution in [2.24, 2.45) is 11.8 Å². The van der Waals surface area contributed by atoms with E-state index in [2.05, 4.69) is 11.9 Å². The summed E-state index contributed by atoms with van der Waals surface area (Å²) in [5, 5.41) is 9.57. The van der Waals surface area contributed by atoms with E-state index in [4.69, 9.17) is 4.74 Å². The van der Waals surface area contributed by atoms with Crippen molar-refractivity contribution in [1.29, 1.82) is 0 Å². The van der Waals surface area contributed by atoms with Crippen LogP contribution in [0.4, 0.5) is 11.6 Å². The first-order valence-electron chi connectivity index (χ1n) is 9.97. The summed E-state index contributed by atoms with van der Waals surface area (Å²) >= 11 is 0. The third kappa shape index (κ3) is 4.99. The Labute approximate surface area is 172 Å². The quantitative estimate of drug-likeness (QED) is 0.607. The normalized spacial score (nSPS) is 21.9. The largest absolute Gasteiger partial charge is 0.478 e. The average molecular weight is 427 g/mol. The number of ether oxygens (including phenoxy) is 1. The molecule has 0 aromatic carbocycles. The van der Waals surface area contributed by atoms with Crippen molar-refractivity contribution < 1.29 is 23.1 Å².